The van der Waals surface area contributed by atoms with Crippen LogP contribution in [0.25, 0.3) is 22.2 Å². The summed E-state index contributed by atoms with van der Waals surface area (Å²) in [4.78, 5) is 45.0. The van der Waals surface area contributed by atoms with E-state index in [0.717, 1.165) is 11.1 Å². The molecule has 196 valence electrons. The number of pyridine rings is 2. The summed E-state index contributed by atoms with van der Waals surface area (Å²) in [7, 11) is 0. The summed E-state index contributed by atoms with van der Waals surface area (Å²) in [6, 6.07) is 16.6. The Balaban J connectivity index is 1.49. The molecule has 2 unspecified atom stereocenters. The second-order valence-electron chi connectivity index (χ2n) is 9.00. The normalized spacial score (nSPS) is 12.1. The number of carbonyl (C=O) groups excluding carboxylic acids is 2. The standard InChI is InChI=1S/C30H27N5O4/c1-3-18(2)27(30(38)39)34-28(36)22-12-8-20(9-13-22)5-4-19-6-10-21(11-7-19)26-16-23(29(37)35-31)24-17-32-15-14-25(24)33-26/h6-18,27H,3,31H2,1-2H3,(H,34,36)(H,35,37)(H,38,39). The van der Waals surface area contributed by atoms with E-state index in [0.29, 0.717) is 39.7 Å². The summed E-state index contributed by atoms with van der Waals surface area (Å²) >= 11 is 0. The van der Waals surface area contributed by atoms with Crippen molar-refractivity contribution >= 4 is 28.7 Å². The van der Waals surface area contributed by atoms with E-state index in [1.54, 1.807) is 55.7 Å². The van der Waals surface area contributed by atoms with Crippen LogP contribution in [-0.2, 0) is 4.79 Å². The second-order valence-corrected chi connectivity index (χ2v) is 9.00. The van der Waals surface area contributed by atoms with E-state index >= 15 is 0 Å². The fourth-order valence-corrected chi connectivity index (χ4v) is 3.96. The highest BCUT2D eigenvalue weighted by Crippen LogP contribution is 2.24. The van der Waals surface area contributed by atoms with Gasteiger partial charge in [0.15, 0.2) is 0 Å². The first-order valence-corrected chi connectivity index (χ1v) is 12.3. The Morgan fingerprint density at radius 2 is 1.62 bits per heavy atom. The van der Waals surface area contributed by atoms with Gasteiger partial charge in [-0.2, -0.15) is 0 Å². The molecule has 4 aromatic rings. The molecule has 2 amide bonds. The van der Waals surface area contributed by atoms with E-state index in [9.17, 15) is 19.5 Å². The van der Waals surface area contributed by atoms with Crippen LogP contribution in [0.3, 0.4) is 0 Å². The van der Waals surface area contributed by atoms with Crippen LogP contribution in [0.15, 0.2) is 73.1 Å². The number of nitrogens with zero attached hydrogens (tertiary/aromatic N) is 2. The number of carboxylic acids is 1. The van der Waals surface area contributed by atoms with Crippen molar-refractivity contribution in [3.63, 3.8) is 0 Å². The van der Waals surface area contributed by atoms with Crippen LogP contribution in [0, 0.1) is 17.8 Å². The number of carbonyl (C=O) groups is 3. The molecular weight excluding hydrogens is 494 g/mol. The number of carboxylic acid groups (broad SMARTS) is 1. The van der Waals surface area contributed by atoms with Crippen molar-refractivity contribution in [1.82, 2.24) is 20.7 Å². The number of nitrogens with two attached hydrogens (primary N) is 1. The van der Waals surface area contributed by atoms with E-state index < -0.39 is 23.8 Å². The molecule has 0 fully saturated rings. The third-order valence-electron chi connectivity index (χ3n) is 6.43. The van der Waals surface area contributed by atoms with Gasteiger partial charge < -0.3 is 10.4 Å². The number of fused-ring (bicyclic) bond motifs is 1. The lowest BCUT2D eigenvalue weighted by molar-refractivity contribution is -0.140. The van der Waals surface area contributed by atoms with Gasteiger partial charge in [0.2, 0.25) is 0 Å². The molecule has 5 N–H and O–H groups in total. The summed E-state index contributed by atoms with van der Waals surface area (Å²) in [6.07, 6.45) is 3.82. The number of amides is 2. The molecule has 0 bridgehead atoms. The summed E-state index contributed by atoms with van der Waals surface area (Å²) in [5.41, 5.74) is 6.41. The number of hydrogen-bond donors (Lipinski definition) is 4. The molecule has 0 saturated carbocycles. The average molecular weight is 522 g/mol. The van der Waals surface area contributed by atoms with Gasteiger partial charge in [0.25, 0.3) is 11.8 Å². The van der Waals surface area contributed by atoms with Gasteiger partial charge in [-0.15, -0.1) is 0 Å². The first kappa shape index (κ1) is 27.0. The molecule has 4 rings (SSSR count). The monoisotopic (exact) mass is 521 g/mol. The van der Waals surface area contributed by atoms with Crippen LogP contribution >= 0.6 is 0 Å². The SMILES string of the molecule is CCC(C)C(NC(=O)c1ccc(C#Cc2ccc(-c3cc(C(=O)NN)c4cnccc4n3)cc2)cc1)C(=O)O. The predicted octanol–water partition coefficient (Wildman–Crippen LogP) is 3.53. The highest BCUT2D eigenvalue weighted by molar-refractivity contribution is 6.06. The third-order valence-corrected chi connectivity index (χ3v) is 6.43. The van der Waals surface area contributed by atoms with Crippen molar-refractivity contribution in [3.8, 4) is 23.1 Å². The van der Waals surface area contributed by atoms with E-state index in [-0.39, 0.29) is 5.92 Å². The summed E-state index contributed by atoms with van der Waals surface area (Å²) < 4.78 is 0. The highest BCUT2D eigenvalue weighted by Gasteiger charge is 2.25. The maximum absolute atomic E-state index is 12.5. The quantitative estimate of drug-likeness (QED) is 0.126. The summed E-state index contributed by atoms with van der Waals surface area (Å²) in [5.74, 6) is 9.39. The highest BCUT2D eigenvalue weighted by atomic mass is 16.4. The van der Waals surface area contributed by atoms with E-state index in [4.69, 9.17) is 5.84 Å². The Labute approximate surface area is 225 Å². The molecule has 2 heterocycles. The van der Waals surface area contributed by atoms with Crippen LogP contribution in [0.5, 0.6) is 0 Å². The van der Waals surface area contributed by atoms with E-state index in [1.807, 2.05) is 31.2 Å². The van der Waals surface area contributed by atoms with Crippen LogP contribution < -0.4 is 16.6 Å². The molecule has 2 atom stereocenters. The number of rotatable bonds is 7. The molecule has 0 aliphatic carbocycles. The Morgan fingerprint density at radius 3 is 2.21 bits per heavy atom. The molecular formula is C30H27N5O4. The fourth-order valence-electron chi connectivity index (χ4n) is 3.96. The molecule has 0 saturated heterocycles. The fraction of sp³-hybridized carbons (Fsp3) is 0.167. The van der Waals surface area contributed by atoms with Crippen molar-refractivity contribution in [1.29, 1.82) is 0 Å². The van der Waals surface area contributed by atoms with Crippen LogP contribution in [0.1, 0.15) is 52.1 Å². The van der Waals surface area contributed by atoms with Gasteiger partial charge in [0.05, 0.1) is 16.8 Å². The Kier molecular flexibility index (Phi) is 8.29. The molecule has 2 aromatic carbocycles. The molecule has 0 spiro atoms. The van der Waals surface area contributed by atoms with E-state index in [1.165, 1.54) is 0 Å². The average Bonchev–Trinajstić information content (AvgIpc) is 2.97. The zero-order valence-corrected chi connectivity index (χ0v) is 21.4. The number of nitrogen functional groups attached to an aromatic ring is 1. The smallest absolute Gasteiger partial charge is 0.326 e. The molecule has 0 radical (unpaired) electrons. The molecule has 2 aromatic heterocycles. The predicted molar refractivity (Wildman–Crippen MR) is 147 cm³/mol. The first-order valence-electron chi connectivity index (χ1n) is 12.3. The molecule has 0 aliphatic heterocycles. The largest absolute Gasteiger partial charge is 0.480 e. The van der Waals surface area contributed by atoms with Gasteiger partial charge in [-0.05, 0) is 54.4 Å². The number of nitrogens with one attached hydrogen (secondary N) is 2. The van der Waals surface area contributed by atoms with Crippen molar-refractivity contribution in [2.75, 3.05) is 0 Å². The third kappa shape index (κ3) is 6.26. The minimum absolute atomic E-state index is 0.190. The summed E-state index contributed by atoms with van der Waals surface area (Å²) in [5, 5.41) is 12.6. The maximum Gasteiger partial charge on any atom is 0.326 e. The van der Waals surface area contributed by atoms with Crippen molar-refractivity contribution in [2.24, 2.45) is 11.8 Å². The van der Waals surface area contributed by atoms with Gasteiger partial charge in [0, 0.05) is 40.0 Å². The zero-order chi connectivity index (χ0) is 27.9. The first-order chi connectivity index (χ1) is 18.8. The van der Waals surface area contributed by atoms with E-state index in [2.05, 4.69) is 32.6 Å². The second kappa shape index (κ2) is 12.0. The minimum Gasteiger partial charge on any atom is -0.480 e. The van der Waals surface area contributed by atoms with Crippen LogP contribution in [-0.4, -0.2) is 38.9 Å². The van der Waals surface area contributed by atoms with Gasteiger partial charge in [-0.25, -0.2) is 15.6 Å². The number of aromatic nitrogens is 2. The number of aliphatic carboxylic acids is 1. The number of benzene rings is 2. The van der Waals surface area contributed by atoms with Crippen molar-refractivity contribution in [3.05, 3.63) is 95.3 Å². The van der Waals surface area contributed by atoms with Crippen molar-refractivity contribution in [2.45, 2.75) is 26.3 Å². The maximum atomic E-state index is 12.5. The lowest BCUT2D eigenvalue weighted by Crippen LogP contribution is -2.45. The van der Waals surface area contributed by atoms with Gasteiger partial charge in [0.1, 0.15) is 6.04 Å². The lowest BCUT2D eigenvalue weighted by Gasteiger charge is -2.20. The zero-order valence-electron chi connectivity index (χ0n) is 21.4. The summed E-state index contributed by atoms with van der Waals surface area (Å²) in [6.45, 7) is 3.67. The Morgan fingerprint density at radius 1 is 0.974 bits per heavy atom. The van der Waals surface area contributed by atoms with Gasteiger partial charge >= 0.3 is 5.97 Å². The number of hydrazine groups is 1. The molecule has 39 heavy (non-hydrogen) atoms. The lowest BCUT2D eigenvalue weighted by atomic mass is 9.99. The van der Waals surface area contributed by atoms with Crippen molar-refractivity contribution < 1.29 is 19.5 Å². The van der Waals surface area contributed by atoms with Crippen LogP contribution in [0.2, 0.25) is 0 Å². The molecule has 9 nitrogen and oxygen atoms in total. The van der Waals surface area contributed by atoms with Gasteiger partial charge in [-0.3, -0.25) is 20.0 Å². The topological polar surface area (TPSA) is 147 Å². The Hall–Kier alpha value is -5.07. The molecule has 9 heteroatoms. The minimum atomic E-state index is -1.05. The van der Waals surface area contributed by atoms with Gasteiger partial charge in [-0.1, -0.05) is 44.2 Å². The Bertz CT molecular complexity index is 1590. The van der Waals surface area contributed by atoms with Crippen LogP contribution in [0.4, 0.5) is 0 Å². The number of hydrogen-bond acceptors (Lipinski definition) is 6. The molecule has 0 aliphatic rings.